The standard InChI is InChI=1S/C14H13N5O2/c1-20-11-7-10(8-12(9-11)21-2)19-17-14(16-18-19)13-5-3-4-6-15-13/h3-9H,1-2H3. The van der Waals surface area contributed by atoms with Crippen LogP contribution < -0.4 is 9.47 Å². The summed E-state index contributed by atoms with van der Waals surface area (Å²) in [5.41, 5.74) is 1.36. The molecule has 0 fully saturated rings. The van der Waals surface area contributed by atoms with Gasteiger partial charge in [0.05, 0.1) is 19.9 Å². The fourth-order valence-electron chi connectivity index (χ4n) is 1.83. The van der Waals surface area contributed by atoms with E-state index in [0.717, 1.165) is 0 Å². The molecule has 2 aromatic heterocycles. The van der Waals surface area contributed by atoms with E-state index < -0.39 is 0 Å². The molecule has 0 bridgehead atoms. The smallest absolute Gasteiger partial charge is 0.223 e. The summed E-state index contributed by atoms with van der Waals surface area (Å²) in [4.78, 5) is 5.61. The summed E-state index contributed by atoms with van der Waals surface area (Å²) in [6.45, 7) is 0. The Kier molecular flexibility index (Phi) is 3.46. The maximum absolute atomic E-state index is 5.23. The van der Waals surface area contributed by atoms with E-state index in [4.69, 9.17) is 9.47 Å². The van der Waals surface area contributed by atoms with Crippen LogP contribution in [0.2, 0.25) is 0 Å². The molecule has 0 aliphatic carbocycles. The molecule has 7 heteroatoms. The molecule has 1 aromatic carbocycles. The molecule has 0 unspecified atom stereocenters. The molecule has 0 spiro atoms. The molecule has 7 nitrogen and oxygen atoms in total. The molecular formula is C14H13N5O2. The molecule has 0 aliphatic heterocycles. The Bertz CT molecular complexity index is 720. The Morgan fingerprint density at radius 1 is 1.00 bits per heavy atom. The van der Waals surface area contributed by atoms with Crippen LogP contribution in [0.15, 0.2) is 42.6 Å². The highest BCUT2D eigenvalue weighted by Crippen LogP contribution is 2.24. The first-order valence-electron chi connectivity index (χ1n) is 6.25. The largest absolute Gasteiger partial charge is 0.497 e. The van der Waals surface area contributed by atoms with Crippen molar-refractivity contribution in [3.8, 4) is 28.7 Å². The van der Waals surface area contributed by atoms with Gasteiger partial charge < -0.3 is 9.47 Å². The summed E-state index contributed by atoms with van der Waals surface area (Å²) in [7, 11) is 3.18. The van der Waals surface area contributed by atoms with Gasteiger partial charge in [0.1, 0.15) is 17.2 Å². The monoisotopic (exact) mass is 283 g/mol. The number of ether oxygens (including phenoxy) is 2. The fourth-order valence-corrected chi connectivity index (χ4v) is 1.83. The number of benzene rings is 1. The van der Waals surface area contributed by atoms with Crippen molar-refractivity contribution in [3.63, 3.8) is 0 Å². The van der Waals surface area contributed by atoms with Gasteiger partial charge in [0.15, 0.2) is 0 Å². The van der Waals surface area contributed by atoms with Crippen molar-refractivity contribution in [1.29, 1.82) is 0 Å². The number of rotatable bonds is 4. The van der Waals surface area contributed by atoms with Crippen LogP contribution in [-0.2, 0) is 0 Å². The molecule has 0 saturated heterocycles. The fraction of sp³-hybridized carbons (Fsp3) is 0.143. The molecule has 21 heavy (non-hydrogen) atoms. The zero-order valence-corrected chi connectivity index (χ0v) is 11.6. The maximum atomic E-state index is 5.23. The molecule has 2 heterocycles. The third-order valence-corrected chi connectivity index (χ3v) is 2.87. The molecular weight excluding hydrogens is 270 g/mol. The number of pyridine rings is 1. The van der Waals surface area contributed by atoms with Crippen LogP contribution in [0.5, 0.6) is 11.5 Å². The zero-order chi connectivity index (χ0) is 14.7. The van der Waals surface area contributed by atoms with Crippen LogP contribution in [0.4, 0.5) is 0 Å². The highest BCUT2D eigenvalue weighted by Gasteiger charge is 2.10. The van der Waals surface area contributed by atoms with E-state index in [2.05, 4.69) is 20.4 Å². The van der Waals surface area contributed by atoms with Crippen LogP contribution in [0.25, 0.3) is 17.2 Å². The first-order chi connectivity index (χ1) is 10.3. The molecule has 0 amide bonds. The lowest BCUT2D eigenvalue weighted by Crippen LogP contribution is -2.00. The number of methoxy groups -OCH3 is 2. The SMILES string of the molecule is COc1cc(OC)cc(-n2nnc(-c3ccccn3)n2)c1. The number of aromatic nitrogens is 5. The summed E-state index contributed by atoms with van der Waals surface area (Å²) in [5, 5.41) is 12.4. The average molecular weight is 283 g/mol. The van der Waals surface area contributed by atoms with Crippen molar-refractivity contribution in [1.82, 2.24) is 25.2 Å². The summed E-state index contributed by atoms with van der Waals surface area (Å²) < 4.78 is 10.5. The Balaban J connectivity index is 2.00. The molecule has 0 saturated carbocycles. The van der Waals surface area contributed by atoms with Crippen molar-refractivity contribution in [2.45, 2.75) is 0 Å². The van der Waals surface area contributed by atoms with E-state index in [1.165, 1.54) is 4.80 Å². The van der Waals surface area contributed by atoms with E-state index in [1.54, 1.807) is 38.6 Å². The number of nitrogens with zero attached hydrogens (tertiary/aromatic N) is 5. The summed E-state index contributed by atoms with van der Waals surface area (Å²) in [6.07, 6.45) is 1.69. The number of hydrogen-bond donors (Lipinski definition) is 0. The van der Waals surface area contributed by atoms with Crippen molar-refractivity contribution in [2.75, 3.05) is 14.2 Å². The van der Waals surface area contributed by atoms with Gasteiger partial charge in [-0.1, -0.05) is 6.07 Å². The highest BCUT2D eigenvalue weighted by atomic mass is 16.5. The lowest BCUT2D eigenvalue weighted by molar-refractivity contribution is 0.393. The summed E-state index contributed by atoms with van der Waals surface area (Å²) in [5.74, 6) is 1.76. The van der Waals surface area contributed by atoms with Crippen LogP contribution in [-0.4, -0.2) is 39.4 Å². The summed E-state index contributed by atoms with van der Waals surface area (Å²) in [6, 6.07) is 10.9. The first-order valence-corrected chi connectivity index (χ1v) is 6.25. The van der Waals surface area contributed by atoms with E-state index in [9.17, 15) is 0 Å². The van der Waals surface area contributed by atoms with Crippen LogP contribution in [0, 0.1) is 0 Å². The Morgan fingerprint density at radius 3 is 2.38 bits per heavy atom. The summed E-state index contributed by atoms with van der Waals surface area (Å²) >= 11 is 0. The molecule has 0 N–H and O–H groups in total. The average Bonchev–Trinajstić information content (AvgIpc) is 3.05. The second-order valence-electron chi connectivity index (χ2n) is 4.19. The lowest BCUT2D eigenvalue weighted by atomic mass is 10.3. The van der Waals surface area contributed by atoms with Gasteiger partial charge in [-0.2, -0.15) is 0 Å². The van der Waals surface area contributed by atoms with E-state index in [0.29, 0.717) is 28.7 Å². The molecule has 0 radical (unpaired) electrons. The zero-order valence-electron chi connectivity index (χ0n) is 11.6. The van der Waals surface area contributed by atoms with E-state index >= 15 is 0 Å². The quantitative estimate of drug-likeness (QED) is 0.726. The highest BCUT2D eigenvalue weighted by molar-refractivity contribution is 5.49. The predicted octanol–water partition coefficient (Wildman–Crippen LogP) is 1.74. The molecule has 106 valence electrons. The molecule has 3 aromatic rings. The van der Waals surface area contributed by atoms with Gasteiger partial charge in [0.25, 0.3) is 0 Å². The normalized spacial score (nSPS) is 10.4. The van der Waals surface area contributed by atoms with E-state index in [1.807, 2.05) is 18.2 Å². The van der Waals surface area contributed by atoms with Crippen molar-refractivity contribution in [2.24, 2.45) is 0 Å². The van der Waals surface area contributed by atoms with Gasteiger partial charge in [-0.15, -0.1) is 15.0 Å². The third-order valence-electron chi connectivity index (χ3n) is 2.87. The Morgan fingerprint density at radius 2 is 1.76 bits per heavy atom. The Labute approximate surface area is 121 Å². The van der Waals surface area contributed by atoms with Gasteiger partial charge in [0, 0.05) is 24.4 Å². The Hall–Kier alpha value is -2.96. The minimum Gasteiger partial charge on any atom is -0.497 e. The van der Waals surface area contributed by atoms with Crippen LogP contribution >= 0.6 is 0 Å². The van der Waals surface area contributed by atoms with Crippen molar-refractivity contribution in [3.05, 3.63) is 42.6 Å². The van der Waals surface area contributed by atoms with Crippen molar-refractivity contribution >= 4 is 0 Å². The molecule has 0 atom stereocenters. The minimum absolute atomic E-state index is 0.456. The third kappa shape index (κ3) is 2.66. The minimum atomic E-state index is 0.456. The van der Waals surface area contributed by atoms with E-state index in [-0.39, 0.29) is 0 Å². The van der Waals surface area contributed by atoms with Gasteiger partial charge in [-0.05, 0) is 17.3 Å². The topological polar surface area (TPSA) is 75.0 Å². The van der Waals surface area contributed by atoms with Gasteiger partial charge in [-0.3, -0.25) is 4.98 Å². The lowest BCUT2D eigenvalue weighted by Gasteiger charge is -2.06. The van der Waals surface area contributed by atoms with Gasteiger partial charge in [0.2, 0.25) is 5.82 Å². The number of tetrazole rings is 1. The van der Waals surface area contributed by atoms with Crippen LogP contribution in [0.1, 0.15) is 0 Å². The van der Waals surface area contributed by atoms with Crippen molar-refractivity contribution < 1.29 is 9.47 Å². The second-order valence-corrected chi connectivity index (χ2v) is 4.19. The van der Waals surface area contributed by atoms with Gasteiger partial charge in [-0.25, -0.2) is 0 Å². The molecule has 3 rings (SSSR count). The van der Waals surface area contributed by atoms with Crippen LogP contribution in [0.3, 0.4) is 0 Å². The first kappa shape index (κ1) is 13.0. The predicted molar refractivity (Wildman–Crippen MR) is 75.5 cm³/mol. The second kappa shape index (κ2) is 5.58. The van der Waals surface area contributed by atoms with Gasteiger partial charge >= 0.3 is 0 Å². The number of hydrogen-bond acceptors (Lipinski definition) is 6. The maximum Gasteiger partial charge on any atom is 0.223 e. The molecule has 0 aliphatic rings.